The highest BCUT2D eigenvalue weighted by atomic mass is 79.9. The van der Waals surface area contributed by atoms with E-state index in [9.17, 15) is 20.1 Å². The lowest BCUT2D eigenvalue weighted by Gasteiger charge is -2.05. The molecular formula is C14H7BrN4O2. The first-order valence-electron chi connectivity index (χ1n) is 5.97. The molecule has 2 N–H and O–H groups in total. The van der Waals surface area contributed by atoms with Gasteiger partial charge in [-0.2, -0.15) is 15.5 Å². The van der Waals surface area contributed by atoms with E-state index in [4.69, 9.17) is 5.73 Å². The third-order valence-corrected chi connectivity index (χ3v) is 4.64. The lowest BCUT2D eigenvalue weighted by Crippen LogP contribution is -2.27. The number of carbonyl (C=O) groups is 2. The molecule has 1 aromatic rings. The van der Waals surface area contributed by atoms with Gasteiger partial charge in [0.2, 0.25) is 0 Å². The number of halogens is 1. The normalized spacial score (nSPS) is 32.6. The number of aliphatic imine (C=N–C) groups is 1. The van der Waals surface area contributed by atoms with Crippen molar-refractivity contribution in [3.05, 3.63) is 34.3 Å². The van der Waals surface area contributed by atoms with E-state index in [1.54, 1.807) is 30.3 Å². The van der Waals surface area contributed by atoms with Crippen LogP contribution in [0.5, 0.6) is 0 Å². The van der Waals surface area contributed by atoms with Crippen molar-refractivity contribution in [2.24, 2.45) is 27.5 Å². The van der Waals surface area contributed by atoms with Crippen molar-refractivity contribution in [3.8, 4) is 12.1 Å². The van der Waals surface area contributed by atoms with E-state index in [0.717, 1.165) is 4.47 Å². The van der Waals surface area contributed by atoms with Crippen LogP contribution in [-0.4, -0.2) is 17.5 Å². The van der Waals surface area contributed by atoms with E-state index in [0.29, 0.717) is 5.56 Å². The monoisotopic (exact) mass is 342 g/mol. The molecule has 6 nitrogen and oxygen atoms in total. The zero-order chi connectivity index (χ0) is 15.4. The van der Waals surface area contributed by atoms with Gasteiger partial charge in [0.25, 0.3) is 5.91 Å². The summed E-state index contributed by atoms with van der Waals surface area (Å²) < 4.78 is 0.789. The lowest BCUT2D eigenvalue weighted by atomic mass is 9.97. The molecule has 0 spiro atoms. The van der Waals surface area contributed by atoms with E-state index in [-0.39, 0.29) is 5.84 Å². The van der Waals surface area contributed by atoms with Gasteiger partial charge in [0, 0.05) is 10.0 Å². The molecule has 1 amide bonds. The fourth-order valence-corrected chi connectivity index (χ4v) is 3.25. The molecule has 0 radical (unpaired) electrons. The number of Topliss-reactive ketones (excluding diaryl/α,β-unsaturated/α-hetero) is 1. The van der Waals surface area contributed by atoms with Crippen molar-refractivity contribution in [3.63, 3.8) is 0 Å². The fourth-order valence-electron chi connectivity index (χ4n) is 2.99. The Bertz CT molecular complexity index is 802. The topological polar surface area (TPSA) is 120 Å². The van der Waals surface area contributed by atoms with Crippen LogP contribution < -0.4 is 5.73 Å². The first-order chi connectivity index (χ1) is 9.95. The summed E-state index contributed by atoms with van der Waals surface area (Å²) in [6.45, 7) is 0. The van der Waals surface area contributed by atoms with Crippen LogP contribution in [0.15, 0.2) is 33.7 Å². The second-order valence-corrected chi connectivity index (χ2v) is 5.86. The Kier molecular flexibility index (Phi) is 2.56. The molecule has 0 aromatic heterocycles. The molecule has 2 aliphatic rings. The smallest absolute Gasteiger partial charge is 0.270 e. The maximum absolute atomic E-state index is 12.6. The van der Waals surface area contributed by atoms with Crippen molar-refractivity contribution >= 4 is 33.5 Å². The zero-order valence-electron chi connectivity index (χ0n) is 10.5. The molecular weight excluding hydrogens is 336 g/mol. The molecule has 1 aromatic carbocycles. The Morgan fingerprint density at radius 3 is 2.29 bits per heavy atom. The van der Waals surface area contributed by atoms with Gasteiger partial charge in [-0.1, -0.05) is 28.1 Å². The van der Waals surface area contributed by atoms with E-state index in [2.05, 4.69) is 20.9 Å². The maximum Gasteiger partial charge on any atom is 0.270 e. The van der Waals surface area contributed by atoms with Gasteiger partial charge >= 0.3 is 0 Å². The van der Waals surface area contributed by atoms with Crippen LogP contribution in [0, 0.1) is 39.4 Å². The number of carbonyl (C=O) groups excluding carboxylic acids is 2. The summed E-state index contributed by atoms with van der Waals surface area (Å²) in [5.74, 6) is -2.59. The summed E-state index contributed by atoms with van der Waals surface area (Å²) in [5, 5.41) is 18.7. The second-order valence-electron chi connectivity index (χ2n) is 4.95. The maximum atomic E-state index is 12.6. The molecule has 1 aliphatic heterocycles. The Hall–Kier alpha value is -2.51. The first-order valence-corrected chi connectivity index (χ1v) is 6.76. The minimum atomic E-state index is -1.77. The molecule has 0 saturated heterocycles. The molecule has 21 heavy (non-hydrogen) atoms. The first kappa shape index (κ1) is 13.5. The molecule has 0 unspecified atom stereocenters. The Morgan fingerprint density at radius 1 is 1.24 bits per heavy atom. The van der Waals surface area contributed by atoms with E-state index < -0.39 is 28.4 Å². The predicted octanol–water partition coefficient (Wildman–Crippen LogP) is 1.18. The Balaban J connectivity index is 2.10. The number of amides is 1. The van der Waals surface area contributed by atoms with Crippen LogP contribution in [0.2, 0.25) is 0 Å². The van der Waals surface area contributed by atoms with Crippen molar-refractivity contribution in [2.45, 2.75) is 0 Å². The van der Waals surface area contributed by atoms with Crippen molar-refractivity contribution in [2.75, 3.05) is 0 Å². The minimum absolute atomic E-state index is 0.244. The number of nitrogens with two attached hydrogens (primary N) is 1. The summed E-state index contributed by atoms with van der Waals surface area (Å²) in [5.41, 5.74) is 2.57. The molecule has 3 rings (SSSR count). The van der Waals surface area contributed by atoms with Crippen LogP contribution in [0.25, 0.3) is 0 Å². The number of ketones is 1. The number of benzene rings is 1. The van der Waals surface area contributed by atoms with Gasteiger partial charge in [0.05, 0.1) is 18.1 Å². The number of hydrogen-bond donors (Lipinski definition) is 1. The molecule has 7 heteroatoms. The molecule has 1 saturated carbocycles. The number of nitrogens with zero attached hydrogens (tertiary/aromatic N) is 3. The van der Waals surface area contributed by atoms with Crippen LogP contribution >= 0.6 is 15.9 Å². The Labute approximate surface area is 128 Å². The van der Waals surface area contributed by atoms with E-state index in [1.807, 2.05) is 6.07 Å². The van der Waals surface area contributed by atoms with Crippen LogP contribution in [0.1, 0.15) is 10.4 Å². The second kappa shape index (κ2) is 4.00. The summed E-state index contributed by atoms with van der Waals surface area (Å²) in [4.78, 5) is 28.0. The number of nitriles is 2. The lowest BCUT2D eigenvalue weighted by molar-refractivity contribution is -0.121. The van der Waals surface area contributed by atoms with Crippen molar-refractivity contribution < 1.29 is 9.59 Å². The Morgan fingerprint density at radius 2 is 1.81 bits per heavy atom. The molecule has 102 valence electrons. The summed E-state index contributed by atoms with van der Waals surface area (Å²) in [6.07, 6.45) is 0. The average molecular weight is 343 g/mol. The summed E-state index contributed by atoms with van der Waals surface area (Å²) in [7, 11) is 0. The molecule has 1 aliphatic carbocycles. The third-order valence-electron chi connectivity index (χ3n) is 4.11. The fraction of sp³-hybridized carbons (Fsp3) is 0.214. The highest BCUT2D eigenvalue weighted by molar-refractivity contribution is 9.10. The van der Waals surface area contributed by atoms with Crippen molar-refractivity contribution in [1.29, 1.82) is 10.5 Å². The highest BCUT2D eigenvalue weighted by Crippen LogP contribution is 2.72. The standard InChI is InChI=1S/C14H7BrN4O2/c15-8-3-1-7(2-4-8)9(20)10-13(5-16)11(18)19-12(21)14(10,13)6-17/h1-4,10H,(H2,18,19,21)/t10-,13+,14-/m0/s1. The number of amidine groups is 1. The highest BCUT2D eigenvalue weighted by Gasteiger charge is 2.90. The molecule has 1 heterocycles. The largest absolute Gasteiger partial charge is 0.386 e. The van der Waals surface area contributed by atoms with E-state index >= 15 is 0 Å². The summed E-state index contributed by atoms with van der Waals surface area (Å²) >= 11 is 3.25. The van der Waals surface area contributed by atoms with Crippen LogP contribution in [-0.2, 0) is 4.79 Å². The van der Waals surface area contributed by atoms with Gasteiger partial charge < -0.3 is 5.73 Å². The molecule has 0 bridgehead atoms. The van der Waals surface area contributed by atoms with Gasteiger partial charge in [-0.05, 0) is 12.1 Å². The van der Waals surface area contributed by atoms with Crippen LogP contribution in [0.3, 0.4) is 0 Å². The molecule has 3 atom stereocenters. The number of fused-ring (bicyclic) bond motifs is 1. The summed E-state index contributed by atoms with van der Waals surface area (Å²) in [6, 6.07) is 10.1. The predicted molar refractivity (Wildman–Crippen MR) is 74.7 cm³/mol. The van der Waals surface area contributed by atoms with Gasteiger partial charge in [-0.15, -0.1) is 0 Å². The molecule has 1 fully saturated rings. The van der Waals surface area contributed by atoms with Gasteiger partial charge in [-0.3, -0.25) is 9.59 Å². The van der Waals surface area contributed by atoms with Gasteiger partial charge in [0.1, 0.15) is 5.84 Å². The minimum Gasteiger partial charge on any atom is -0.386 e. The van der Waals surface area contributed by atoms with Crippen LogP contribution in [0.4, 0.5) is 0 Å². The number of rotatable bonds is 2. The van der Waals surface area contributed by atoms with E-state index in [1.165, 1.54) is 0 Å². The number of hydrogen-bond acceptors (Lipinski definition) is 5. The van der Waals surface area contributed by atoms with Gasteiger partial charge in [0.15, 0.2) is 16.6 Å². The zero-order valence-corrected chi connectivity index (χ0v) is 12.1. The third kappa shape index (κ3) is 1.32. The van der Waals surface area contributed by atoms with Crippen molar-refractivity contribution in [1.82, 2.24) is 0 Å². The van der Waals surface area contributed by atoms with Gasteiger partial charge in [-0.25, -0.2) is 0 Å². The average Bonchev–Trinajstić information content (AvgIpc) is 3.05. The quantitative estimate of drug-likeness (QED) is 0.809. The SMILES string of the molecule is N#C[C@@]12C(N)=NC(=O)[C@]1(C#N)[C@H]2C(=O)c1ccc(Br)cc1.